The number of nitrogens with zero attached hydrogens (tertiary/aromatic N) is 4. The molecule has 0 unspecified atom stereocenters. The van der Waals surface area contributed by atoms with Crippen molar-refractivity contribution in [1.82, 2.24) is 25.5 Å². The van der Waals surface area contributed by atoms with Gasteiger partial charge in [0, 0.05) is 5.56 Å². The first-order chi connectivity index (χ1) is 10.5. The molecule has 0 atom stereocenters. The molecule has 2 N–H and O–H groups in total. The highest BCUT2D eigenvalue weighted by molar-refractivity contribution is 9.10. The summed E-state index contributed by atoms with van der Waals surface area (Å²) in [7, 11) is 1.62. The Hall–Kier alpha value is -2.07. The van der Waals surface area contributed by atoms with Crippen LogP contribution in [0.15, 0.2) is 22.7 Å². The Morgan fingerprint density at radius 3 is 2.86 bits per heavy atom. The number of benzene rings is 1. The molecule has 0 bridgehead atoms. The molecule has 2 aromatic rings. The largest absolute Gasteiger partial charge is 0.493 e. The number of anilines is 1. The molecule has 0 radical (unpaired) electrons. The molecule has 0 saturated heterocycles. The van der Waals surface area contributed by atoms with Crippen LogP contribution in [0, 0.1) is 0 Å². The predicted octanol–water partition coefficient (Wildman–Crippen LogP) is 1.50. The first-order valence-electron chi connectivity index (χ1n) is 6.28. The normalized spacial score (nSPS) is 10.1. The number of aromatic nitrogens is 4. The van der Waals surface area contributed by atoms with Crippen molar-refractivity contribution in [3.63, 3.8) is 0 Å². The number of hydrogen-bond donors (Lipinski definition) is 2. The molecule has 0 aliphatic heterocycles. The van der Waals surface area contributed by atoms with Gasteiger partial charge >= 0.3 is 0 Å². The van der Waals surface area contributed by atoms with Gasteiger partial charge in [0.25, 0.3) is 11.9 Å². The summed E-state index contributed by atoms with van der Waals surface area (Å²) in [5, 5.41) is 16.5. The number of carbonyl (C=O) groups excluding carboxylic acids is 1. The molecule has 2 rings (SSSR count). The van der Waals surface area contributed by atoms with Crippen molar-refractivity contribution in [2.45, 2.75) is 6.92 Å². The molecule has 8 nitrogen and oxygen atoms in total. The lowest BCUT2D eigenvalue weighted by Crippen LogP contribution is -2.34. The summed E-state index contributed by atoms with van der Waals surface area (Å²) >= 11 is 8.38. The van der Waals surface area contributed by atoms with Crippen LogP contribution < -0.4 is 15.4 Å². The number of amides is 1. The van der Waals surface area contributed by atoms with E-state index in [9.17, 15) is 4.79 Å². The first kappa shape index (κ1) is 16.3. The van der Waals surface area contributed by atoms with E-state index in [1.54, 1.807) is 25.2 Å². The topological polar surface area (TPSA) is 94.0 Å². The predicted molar refractivity (Wildman–Crippen MR) is 87.8 cm³/mol. The van der Waals surface area contributed by atoms with Gasteiger partial charge in [-0.1, -0.05) is 5.10 Å². The molecule has 1 aromatic carbocycles. The van der Waals surface area contributed by atoms with E-state index in [-0.39, 0.29) is 17.0 Å². The summed E-state index contributed by atoms with van der Waals surface area (Å²) in [6.07, 6.45) is 0. The van der Waals surface area contributed by atoms with Gasteiger partial charge < -0.3 is 4.74 Å². The Kier molecular flexibility index (Phi) is 5.39. The Morgan fingerprint density at radius 1 is 1.50 bits per heavy atom. The Labute approximate surface area is 140 Å². The minimum absolute atomic E-state index is 0.0861. The van der Waals surface area contributed by atoms with Gasteiger partial charge in [-0.05, 0) is 58.5 Å². The van der Waals surface area contributed by atoms with Crippen LogP contribution in [0.5, 0.6) is 5.75 Å². The minimum atomic E-state index is -0.356. The molecule has 10 heteroatoms. The molecule has 0 fully saturated rings. The van der Waals surface area contributed by atoms with Gasteiger partial charge in [-0.2, -0.15) is 4.80 Å². The van der Waals surface area contributed by atoms with Crippen molar-refractivity contribution < 1.29 is 9.53 Å². The summed E-state index contributed by atoms with van der Waals surface area (Å²) in [6.45, 7) is 2.43. The van der Waals surface area contributed by atoms with Crippen molar-refractivity contribution in [1.29, 1.82) is 0 Å². The average Bonchev–Trinajstić information content (AvgIpc) is 2.86. The maximum atomic E-state index is 12.1. The summed E-state index contributed by atoms with van der Waals surface area (Å²) in [5.74, 6) is 0.523. The zero-order valence-corrected chi connectivity index (χ0v) is 14.2. The maximum absolute atomic E-state index is 12.1. The average molecular weight is 385 g/mol. The number of aryl methyl sites for hydroxylation is 1. The van der Waals surface area contributed by atoms with Crippen LogP contribution in [-0.4, -0.2) is 37.8 Å². The lowest BCUT2D eigenvalue weighted by Gasteiger charge is -2.09. The minimum Gasteiger partial charge on any atom is -0.493 e. The molecule has 0 aliphatic rings. The van der Waals surface area contributed by atoms with E-state index in [4.69, 9.17) is 17.0 Å². The van der Waals surface area contributed by atoms with Crippen molar-refractivity contribution in [2.75, 3.05) is 11.9 Å². The molecule has 1 amide bonds. The lowest BCUT2D eigenvalue weighted by molar-refractivity contribution is 0.0977. The van der Waals surface area contributed by atoms with Gasteiger partial charge in [-0.25, -0.2) is 0 Å². The molecule has 1 heterocycles. The monoisotopic (exact) mass is 384 g/mol. The van der Waals surface area contributed by atoms with E-state index in [1.165, 1.54) is 4.80 Å². The molecule has 0 spiro atoms. The molecule has 116 valence electrons. The number of halogens is 1. The number of thiocarbonyl (C=S) groups is 1. The van der Waals surface area contributed by atoms with Crippen molar-refractivity contribution >= 4 is 45.1 Å². The van der Waals surface area contributed by atoms with Crippen molar-refractivity contribution in [3.05, 3.63) is 28.2 Å². The Bertz CT molecular complexity index is 705. The van der Waals surface area contributed by atoms with Crippen LogP contribution in [0.25, 0.3) is 0 Å². The molecule has 1 aromatic heterocycles. The van der Waals surface area contributed by atoms with E-state index in [2.05, 4.69) is 42.0 Å². The molecule has 22 heavy (non-hydrogen) atoms. The second kappa shape index (κ2) is 7.27. The number of carbonyl (C=O) groups is 1. The highest BCUT2D eigenvalue weighted by Gasteiger charge is 2.12. The molecular formula is C12H13BrN6O2S. The second-order valence-corrected chi connectivity index (χ2v) is 5.35. The zero-order valence-electron chi connectivity index (χ0n) is 11.8. The number of ether oxygens (including phenoxy) is 1. The van der Waals surface area contributed by atoms with Crippen LogP contribution in [0.4, 0.5) is 5.95 Å². The Balaban J connectivity index is 1.99. The third kappa shape index (κ3) is 4.21. The molecule has 0 saturated carbocycles. The van der Waals surface area contributed by atoms with E-state index in [1.807, 2.05) is 6.92 Å². The van der Waals surface area contributed by atoms with Crippen LogP contribution in [0.2, 0.25) is 0 Å². The van der Waals surface area contributed by atoms with Gasteiger partial charge in [0.05, 0.1) is 18.1 Å². The number of nitrogens with one attached hydrogen (secondary N) is 2. The van der Waals surface area contributed by atoms with E-state index in [0.29, 0.717) is 22.4 Å². The number of hydrogen-bond acceptors (Lipinski definition) is 6. The van der Waals surface area contributed by atoms with Gasteiger partial charge in [0.15, 0.2) is 5.11 Å². The Morgan fingerprint density at radius 2 is 2.27 bits per heavy atom. The highest BCUT2D eigenvalue weighted by Crippen LogP contribution is 2.25. The summed E-state index contributed by atoms with van der Waals surface area (Å²) in [4.78, 5) is 13.4. The third-order valence-electron chi connectivity index (χ3n) is 2.45. The van der Waals surface area contributed by atoms with Gasteiger partial charge in [-0.3, -0.25) is 15.4 Å². The summed E-state index contributed by atoms with van der Waals surface area (Å²) < 4.78 is 6.08. The van der Waals surface area contributed by atoms with Crippen LogP contribution >= 0.6 is 28.1 Å². The van der Waals surface area contributed by atoms with Gasteiger partial charge in [-0.15, -0.1) is 5.10 Å². The fraction of sp³-hybridized carbons (Fsp3) is 0.250. The third-order valence-corrected chi connectivity index (χ3v) is 3.28. The first-order valence-corrected chi connectivity index (χ1v) is 7.48. The van der Waals surface area contributed by atoms with Crippen molar-refractivity contribution in [2.24, 2.45) is 7.05 Å². The van der Waals surface area contributed by atoms with Crippen molar-refractivity contribution in [3.8, 4) is 5.75 Å². The van der Waals surface area contributed by atoms with Crippen LogP contribution in [0.1, 0.15) is 17.3 Å². The fourth-order valence-electron chi connectivity index (χ4n) is 1.56. The second-order valence-electron chi connectivity index (χ2n) is 4.09. The van der Waals surface area contributed by atoms with E-state index < -0.39 is 0 Å². The standard InChI is InChI=1S/C12H13BrN6O2S/c1-3-21-9-5-4-7(6-8(9)13)10(20)14-12(22)15-11-16-18-19(2)17-11/h4-6H,3H2,1-2H3,(H2,14,15,17,20,22). The highest BCUT2D eigenvalue weighted by atomic mass is 79.9. The van der Waals surface area contributed by atoms with Crippen LogP contribution in [0.3, 0.4) is 0 Å². The SMILES string of the molecule is CCOc1ccc(C(=O)NC(=S)Nc2nnn(C)n2)cc1Br. The number of tetrazole rings is 1. The van der Waals surface area contributed by atoms with Gasteiger partial charge in [0.1, 0.15) is 5.75 Å². The summed E-state index contributed by atoms with van der Waals surface area (Å²) in [5.41, 5.74) is 0.437. The summed E-state index contributed by atoms with van der Waals surface area (Å²) in [6, 6.07) is 5.01. The van der Waals surface area contributed by atoms with E-state index in [0.717, 1.165) is 0 Å². The van der Waals surface area contributed by atoms with Crippen LogP contribution in [-0.2, 0) is 7.05 Å². The zero-order chi connectivity index (χ0) is 16.1. The fourth-order valence-corrected chi connectivity index (χ4v) is 2.23. The smallest absolute Gasteiger partial charge is 0.269 e. The van der Waals surface area contributed by atoms with E-state index >= 15 is 0 Å². The lowest BCUT2D eigenvalue weighted by atomic mass is 10.2. The quantitative estimate of drug-likeness (QED) is 0.771. The molecule has 0 aliphatic carbocycles. The maximum Gasteiger partial charge on any atom is 0.269 e. The van der Waals surface area contributed by atoms with Gasteiger partial charge in [0.2, 0.25) is 0 Å². The molecular weight excluding hydrogens is 372 g/mol. The number of rotatable bonds is 4.